The second-order valence-electron chi connectivity index (χ2n) is 7.23. The number of nitrogens with one attached hydrogen (secondary N) is 1. The zero-order chi connectivity index (χ0) is 16.8. The molecule has 2 bridgehead atoms. The number of aromatic nitrogens is 2. The van der Waals surface area contributed by atoms with Gasteiger partial charge in [-0.3, -0.25) is 9.88 Å². The summed E-state index contributed by atoms with van der Waals surface area (Å²) in [7, 11) is 0. The topological polar surface area (TPSA) is 31.9 Å². The van der Waals surface area contributed by atoms with Crippen molar-refractivity contribution in [1.29, 1.82) is 0 Å². The first kappa shape index (κ1) is 14.7. The Kier molecular flexibility index (Phi) is 3.39. The molecule has 3 heteroatoms. The van der Waals surface area contributed by atoms with Gasteiger partial charge in [0, 0.05) is 52.1 Å². The molecule has 3 aromatic rings. The van der Waals surface area contributed by atoms with E-state index in [1.165, 1.54) is 48.1 Å². The van der Waals surface area contributed by atoms with Crippen LogP contribution in [0.2, 0.25) is 0 Å². The molecule has 3 aliphatic rings. The molecule has 0 aliphatic carbocycles. The monoisotopic (exact) mass is 327 g/mol. The van der Waals surface area contributed by atoms with Crippen LogP contribution in [0.25, 0.3) is 10.9 Å². The molecule has 1 saturated heterocycles. The number of nitrogens with zero attached hydrogens (tertiary/aromatic N) is 2. The van der Waals surface area contributed by atoms with E-state index in [4.69, 9.17) is 0 Å². The van der Waals surface area contributed by atoms with Crippen molar-refractivity contribution in [3.8, 4) is 11.8 Å². The zero-order valence-electron chi connectivity index (χ0n) is 14.5. The first-order chi connectivity index (χ1) is 12.3. The molecule has 0 unspecified atom stereocenters. The van der Waals surface area contributed by atoms with Crippen molar-refractivity contribution in [2.45, 2.75) is 32.2 Å². The Hall–Kier alpha value is -2.57. The van der Waals surface area contributed by atoms with Crippen molar-refractivity contribution in [3.63, 3.8) is 0 Å². The highest BCUT2D eigenvalue weighted by Crippen LogP contribution is 2.39. The van der Waals surface area contributed by atoms with Crippen molar-refractivity contribution in [2.75, 3.05) is 13.1 Å². The van der Waals surface area contributed by atoms with Gasteiger partial charge in [0.1, 0.15) is 0 Å². The molecule has 25 heavy (non-hydrogen) atoms. The number of fused-ring (bicyclic) bond motifs is 3. The van der Waals surface area contributed by atoms with E-state index in [-0.39, 0.29) is 0 Å². The molecule has 3 aliphatic heterocycles. The lowest BCUT2D eigenvalue weighted by atomic mass is 9.94. The Bertz CT molecular complexity index is 993. The second kappa shape index (κ2) is 5.75. The van der Waals surface area contributed by atoms with Crippen molar-refractivity contribution in [3.05, 3.63) is 64.6 Å². The molecular weight excluding hydrogens is 306 g/mol. The normalized spacial score (nSPS) is 21.5. The summed E-state index contributed by atoms with van der Waals surface area (Å²) in [5, 5.41) is 1.32. The lowest BCUT2D eigenvalue weighted by Gasteiger charge is -2.26. The SMILES string of the molecule is Cc1ccc(C#Cc2cccc3[nH]c4c(c23)CN2CCC4CC2)cn1. The van der Waals surface area contributed by atoms with Crippen molar-refractivity contribution in [2.24, 2.45) is 0 Å². The number of hydrogen-bond donors (Lipinski definition) is 1. The minimum absolute atomic E-state index is 0.684. The first-order valence-corrected chi connectivity index (χ1v) is 9.08. The maximum absolute atomic E-state index is 4.34. The van der Waals surface area contributed by atoms with Crippen LogP contribution < -0.4 is 0 Å². The van der Waals surface area contributed by atoms with Crippen molar-refractivity contribution >= 4 is 10.9 Å². The molecule has 0 spiro atoms. The third kappa shape index (κ3) is 2.54. The third-order valence-corrected chi connectivity index (χ3v) is 5.59. The van der Waals surface area contributed by atoms with E-state index in [1.54, 1.807) is 0 Å². The number of pyridine rings is 1. The minimum Gasteiger partial charge on any atom is -0.358 e. The van der Waals surface area contributed by atoms with Gasteiger partial charge in [-0.25, -0.2) is 0 Å². The molecule has 0 amide bonds. The maximum atomic E-state index is 4.34. The minimum atomic E-state index is 0.684. The molecular formula is C22H21N3. The van der Waals surface area contributed by atoms with Crippen molar-refractivity contribution < 1.29 is 0 Å². The van der Waals surface area contributed by atoms with E-state index in [0.29, 0.717) is 5.92 Å². The summed E-state index contributed by atoms with van der Waals surface area (Å²) in [5.41, 5.74) is 7.27. The smallest absolute Gasteiger partial charge is 0.0472 e. The number of benzene rings is 1. The maximum Gasteiger partial charge on any atom is 0.0472 e. The van der Waals surface area contributed by atoms with E-state index >= 15 is 0 Å². The van der Waals surface area contributed by atoms with Gasteiger partial charge in [0.25, 0.3) is 0 Å². The summed E-state index contributed by atoms with van der Waals surface area (Å²) in [6.07, 6.45) is 4.40. The molecule has 0 radical (unpaired) electrons. The molecule has 1 N–H and O–H groups in total. The Balaban J connectivity index is 1.64. The van der Waals surface area contributed by atoms with Gasteiger partial charge in [0.15, 0.2) is 0 Å². The lowest BCUT2D eigenvalue weighted by molar-refractivity contribution is 0.220. The van der Waals surface area contributed by atoms with Crippen LogP contribution in [0.1, 0.15) is 46.8 Å². The summed E-state index contributed by atoms with van der Waals surface area (Å²) >= 11 is 0. The van der Waals surface area contributed by atoms with Gasteiger partial charge < -0.3 is 4.98 Å². The van der Waals surface area contributed by atoms with Gasteiger partial charge in [0.2, 0.25) is 0 Å². The molecule has 1 fully saturated rings. The highest BCUT2D eigenvalue weighted by Gasteiger charge is 2.30. The van der Waals surface area contributed by atoms with Crippen molar-refractivity contribution in [1.82, 2.24) is 14.9 Å². The quantitative estimate of drug-likeness (QED) is 0.634. The van der Waals surface area contributed by atoms with Crippen LogP contribution in [0.15, 0.2) is 36.5 Å². The summed E-state index contributed by atoms with van der Waals surface area (Å²) in [5.74, 6) is 7.38. The fraction of sp³-hybridized carbons (Fsp3) is 0.318. The molecule has 6 rings (SSSR count). The highest BCUT2D eigenvalue weighted by atomic mass is 15.1. The predicted molar refractivity (Wildman–Crippen MR) is 101 cm³/mol. The number of hydrogen-bond acceptors (Lipinski definition) is 2. The Morgan fingerprint density at radius 1 is 1.12 bits per heavy atom. The molecule has 1 aromatic carbocycles. The zero-order valence-corrected chi connectivity index (χ0v) is 14.5. The van der Waals surface area contributed by atoms with Gasteiger partial charge in [-0.15, -0.1) is 0 Å². The number of aromatic amines is 1. The average Bonchev–Trinajstić information content (AvgIpc) is 2.82. The van der Waals surface area contributed by atoms with Gasteiger partial charge in [-0.2, -0.15) is 0 Å². The van der Waals surface area contributed by atoms with Crippen LogP contribution in [0.3, 0.4) is 0 Å². The summed E-state index contributed by atoms with van der Waals surface area (Å²) in [4.78, 5) is 10.6. The standard InChI is InChI=1S/C22H21N3/c1-15-5-6-16(13-23-15)7-8-17-3-2-4-20-21(17)19-14-25-11-9-18(10-12-25)22(19)24-20/h2-6,13,18,24H,9-12,14H2,1H3. The molecule has 2 aromatic heterocycles. The Morgan fingerprint density at radius 2 is 2.00 bits per heavy atom. The van der Waals surface area contributed by atoms with Gasteiger partial charge in [0.05, 0.1) is 0 Å². The Morgan fingerprint density at radius 3 is 2.80 bits per heavy atom. The van der Waals surface area contributed by atoms with Crippen LogP contribution in [0.5, 0.6) is 0 Å². The lowest BCUT2D eigenvalue weighted by Crippen LogP contribution is -2.29. The fourth-order valence-electron chi connectivity index (χ4n) is 4.24. The van der Waals surface area contributed by atoms with Gasteiger partial charge in [-0.05, 0) is 62.7 Å². The predicted octanol–water partition coefficient (Wildman–Crippen LogP) is 3.96. The van der Waals surface area contributed by atoms with Crippen LogP contribution in [-0.2, 0) is 6.54 Å². The van der Waals surface area contributed by atoms with E-state index in [1.807, 2.05) is 25.3 Å². The number of piperidine rings is 1. The van der Waals surface area contributed by atoms with Gasteiger partial charge in [-0.1, -0.05) is 17.9 Å². The summed E-state index contributed by atoms with van der Waals surface area (Å²) in [6.45, 7) is 5.49. The fourth-order valence-corrected chi connectivity index (χ4v) is 4.24. The molecule has 0 saturated carbocycles. The van der Waals surface area contributed by atoms with Crippen LogP contribution in [-0.4, -0.2) is 28.0 Å². The van der Waals surface area contributed by atoms with Crippen LogP contribution >= 0.6 is 0 Å². The van der Waals surface area contributed by atoms with E-state index in [2.05, 4.69) is 44.9 Å². The second-order valence-corrected chi connectivity index (χ2v) is 7.23. The largest absolute Gasteiger partial charge is 0.358 e. The van der Waals surface area contributed by atoms with E-state index in [0.717, 1.165) is 23.4 Å². The molecule has 0 atom stereocenters. The number of aryl methyl sites for hydroxylation is 1. The average molecular weight is 327 g/mol. The number of H-pyrrole nitrogens is 1. The van der Waals surface area contributed by atoms with E-state index in [9.17, 15) is 0 Å². The molecule has 3 nitrogen and oxygen atoms in total. The molecule has 5 heterocycles. The first-order valence-electron chi connectivity index (χ1n) is 9.08. The highest BCUT2D eigenvalue weighted by molar-refractivity contribution is 5.90. The van der Waals surface area contributed by atoms with Gasteiger partial charge >= 0.3 is 0 Å². The van der Waals surface area contributed by atoms with E-state index < -0.39 is 0 Å². The van der Waals surface area contributed by atoms with Crippen LogP contribution in [0, 0.1) is 18.8 Å². The summed E-state index contributed by atoms with van der Waals surface area (Å²) < 4.78 is 0. The third-order valence-electron chi connectivity index (χ3n) is 5.59. The Labute approximate surface area is 148 Å². The number of rotatable bonds is 0. The van der Waals surface area contributed by atoms with Crippen LogP contribution in [0.4, 0.5) is 0 Å². The summed E-state index contributed by atoms with van der Waals surface area (Å²) in [6, 6.07) is 10.5. The molecule has 124 valence electrons.